The van der Waals surface area contributed by atoms with E-state index in [-0.39, 0.29) is 30.9 Å². The van der Waals surface area contributed by atoms with Gasteiger partial charge in [0.05, 0.1) is 12.6 Å². The molecule has 3 atom stereocenters. The zero-order valence-corrected chi connectivity index (χ0v) is 18.4. The van der Waals surface area contributed by atoms with Gasteiger partial charge in [0.25, 0.3) is 0 Å². The molecule has 0 bridgehead atoms. The summed E-state index contributed by atoms with van der Waals surface area (Å²) in [4.78, 5) is 59.0. The van der Waals surface area contributed by atoms with Gasteiger partial charge in [-0.05, 0) is 30.0 Å². The Morgan fingerprint density at radius 2 is 1.58 bits per heavy atom. The maximum atomic E-state index is 12.7. The molecule has 1 aromatic carbocycles. The van der Waals surface area contributed by atoms with Gasteiger partial charge in [-0.15, -0.1) is 0 Å². The summed E-state index contributed by atoms with van der Waals surface area (Å²) in [7, 11) is 0. The lowest BCUT2D eigenvalue weighted by Gasteiger charge is -2.21. The van der Waals surface area contributed by atoms with Crippen LogP contribution in [0.15, 0.2) is 24.3 Å². The molecule has 33 heavy (non-hydrogen) atoms. The number of nitrogens with two attached hydrogens (primary N) is 1. The van der Waals surface area contributed by atoms with Gasteiger partial charge < -0.3 is 37.0 Å². The monoisotopic (exact) mass is 466 g/mol. The van der Waals surface area contributed by atoms with Crippen LogP contribution in [-0.2, 0) is 30.4 Å². The number of amides is 3. The van der Waals surface area contributed by atoms with Crippen molar-refractivity contribution in [3.8, 4) is 5.75 Å². The standard InChI is InChI=1S/C21H30N4O8/c1-11(2)18(21(32)33)25-16(27)10-23-20(31)15(9-12-3-5-13(26)6-4-12)24-19(30)14(22)7-8-17(28)29/h3-6,11,14-15,18,26H,7-10,22H2,1-2H3,(H,23,31)(H,24,30)(H,25,27)(H,28,29)(H,32,33). The van der Waals surface area contributed by atoms with Crippen molar-refractivity contribution >= 4 is 29.7 Å². The maximum absolute atomic E-state index is 12.7. The SMILES string of the molecule is CC(C)C(NC(=O)CNC(=O)C(Cc1ccc(O)cc1)NC(=O)C(N)CCC(=O)O)C(=O)O. The van der Waals surface area contributed by atoms with E-state index in [2.05, 4.69) is 16.0 Å². The smallest absolute Gasteiger partial charge is 0.326 e. The van der Waals surface area contributed by atoms with Crippen LogP contribution in [0.25, 0.3) is 0 Å². The number of hydrogen-bond acceptors (Lipinski definition) is 7. The normalized spacial score (nSPS) is 13.5. The van der Waals surface area contributed by atoms with Crippen LogP contribution in [0.2, 0.25) is 0 Å². The molecule has 0 spiro atoms. The minimum atomic E-state index is -1.21. The maximum Gasteiger partial charge on any atom is 0.326 e. The number of benzene rings is 1. The van der Waals surface area contributed by atoms with Gasteiger partial charge in [0, 0.05) is 12.8 Å². The molecule has 3 unspecified atom stereocenters. The van der Waals surface area contributed by atoms with Gasteiger partial charge in [0.1, 0.15) is 17.8 Å². The number of carbonyl (C=O) groups excluding carboxylic acids is 3. The van der Waals surface area contributed by atoms with E-state index < -0.39 is 54.3 Å². The minimum absolute atomic E-state index is 0.00509. The third-order valence-corrected chi connectivity index (χ3v) is 4.69. The summed E-state index contributed by atoms with van der Waals surface area (Å²) in [6.45, 7) is 2.71. The van der Waals surface area contributed by atoms with E-state index in [0.29, 0.717) is 5.56 Å². The van der Waals surface area contributed by atoms with Gasteiger partial charge in [0.2, 0.25) is 17.7 Å². The number of phenolic OH excluding ortho intramolecular Hbond substituents is 1. The summed E-state index contributed by atoms with van der Waals surface area (Å²) in [6.07, 6.45) is -0.470. The minimum Gasteiger partial charge on any atom is -0.508 e. The zero-order valence-electron chi connectivity index (χ0n) is 18.4. The number of hydrogen-bond donors (Lipinski definition) is 7. The summed E-state index contributed by atoms with van der Waals surface area (Å²) >= 11 is 0. The molecular formula is C21H30N4O8. The first-order valence-corrected chi connectivity index (χ1v) is 10.3. The Kier molecular flexibility index (Phi) is 10.8. The molecule has 0 aromatic heterocycles. The van der Waals surface area contributed by atoms with Crippen molar-refractivity contribution in [2.24, 2.45) is 11.7 Å². The molecule has 1 aromatic rings. The second-order valence-corrected chi connectivity index (χ2v) is 7.82. The predicted octanol–water partition coefficient (Wildman–Crippen LogP) is -1.05. The Balaban J connectivity index is 2.84. The van der Waals surface area contributed by atoms with Crippen LogP contribution < -0.4 is 21.7 Å². The van der Waals surface area contributed by atoms with Crippen LogP contribution in [0.5, 0.6) is 5.75 Å². The van der Waals surface area contributed by atoms with Gasteiger partial charge >= 0.3 is 11.9 Å². The van der Waals surface area contributed by atoms with Gasteiger partial charge in [-0.1, -0.05) is 26.0 Å². The summed E-state index contributed by atoms with van der Waals surface area (Å²) in [5, 5.41) is 34.4. The third kappa shape index (κ3) is 9.99. The molecule has 0 saturated carbocycles. The molecule has 182 valence electrons. The van der Waals surface area contributed by atoms with E-state index in [1.165, 1.54) is 12.1 Å². The number of carboxylic acid groups (broad SMARTS) is 2. The van der Waals surface area contributed by atoms with E-state index in [4.69, 9.17) is 15.9 Å². The fraction of sp³-hybridized carbons (Fsp3) is 0.476. The van der Waals surface area contributed by atoms with E-state index in [9.17, 15) is 29.1 Å². The molecule has 0 radical (unpaired) electrons. The van der Waals surface area contributed by atoms with Crippen LogP contribution in [-0.4, -0.2) is 69.7 Å². The van der Waals surface area contributed by atoms with Crippen molar-refractivity contribution in [2.75, 3.05) is 6.54 Å². The summed E-state index contributed by atoms with van der Waals surface area (Å²) < 4.78 is 0. The highest BCUT2D eigenvalue weighted by molar-refractivity contribution is 5.92. The molecule has 0 saturated heterocycles. The molecule has 3 amide bonds. The lowest BCUT2D eigenvalue weighted by atomic mass is 10.0. The predicted molar refractivity (Wildman–Crippen MR) is 116 cm³/mol. The lowest BCUT2D eigenvalue weighted by molar-refractivity contribution is -0.143. The Morgan fingerprint density at radius 1 is 0.970 bits per heavy atom. The summed E-state index contributed by atoms with van der Waals surface area (Å²) in [6, 6.07) is 2.42. The van der Waals surface area contributed by atoms with Crippen molar-refractivity contribution in [1.82, 2.24) is 16.0 Å². The Morgan fingerprint density at radius 3 is 2.09 bits per heavy atom. The number of carboxylic acids is 2. The molecule has 0 aliphatic carbocycles. The van der Waals surface area contributed by atoms with Crippen LogP contribution in [0.1, 0.15) is 32.3 Å². The van der Waals surface area contributed by atoms with Crippen LogP contribution >= 0.6 is 0 Å². The first kappa shape index (κ1) is 27.4. The molecule has 0 aliphatic rings. The van der Waals surface area contributed by atoms with Crippen molar-refractivity contribution in [3.05, 3.63) is 29.8 Å². The molecule has 0 heterocycles. The third-order valence-electron chi connectivity index (χ3n) is 4.69. The highest BCUT2D eigenvalue weighted by atomic mass is 16.4. The molecule has 0 aliphatic heterocycles. The first-order chi connectivity index (χ1) is 15.4. The van der Waals surface area contributed by atoms with Crippen molar-refractivity contribution in [3.63, 3.8) is 0 Å². The fourth-order valence-electron chi connectivity index (χ4n) is 2.79. The van der Waals surface area contributed by atoms with Gasteiger partial charge in [0.15, 0.2) is 0 Å². The molecular weight excluding hydrogens is 436 g/mol. The van der Waals surface area contributed by atoms with Crippen LogP contribution in [0.4, 0.5) is 0 Å². The summed E-state index contributed by atoms with van der Waals surface area (Å²) in [5.74, 6) is -4.90. The van der Waals surface area contributed by atoms with Gasteiger partial charge in [-0.2, -0.15) is 0 Å². The second kappa shape index (κ2) is 13.0. The quantitative estimate of drug-likeness (QED) is 0.189. The summed E-state index contributed by atoms with van der Waals surface area (Å²) in [5.41, 5.74) is 6.29. The van der Waals surface area contributed by atoms with Crippen LogP contribution in [0.3, 0.4) is 0 Å². The average Bonchev–Trinajstić information content (AvgIpc) is 2.74. The largest absolute Gasteiger partial charge is 0.508 e. The van der Waals surface area contributed by atoms with Crippen molar-refractivity contribution in [1.29, 1.82) is 0 Å². The molecule has 0 fully saturated rings. The van der Waals surface area contributed by atoms with Crippen molar-refractivity contribution in [2.45, 2.75) is 51.2 Å². The van der Waals surface area contributed by atoms with Gasteiger partial charge in [-0.25, -0.2) is 4.79 Å². The van der Waals surface area contributed by atoms with E-state index in [1.807, 2.05) is 0 Å². The van der Waals surface area contributed by atoms with Crippen LogP contribution in [0, 0.1) is 5.92 Å². The number of nitrogens with one attached hydrogen (secondary N) is 3. The fourth-order valence-corrected chi connectivity index (χ4v) is 2.79. The number of aliphatic carboxylic acids is 2. The molecule has 12 nitrogen and oxygen atoms in total. The number of rotatable bonds is 13. The number of phenols is 1. The molecule has 12 heteroatoms. The van der Waals surface area contributed by atoms with E-state index >= 15 is 0 Å². The topological polar surface area (TPSA) is 208 Å². The average molecular weight is 466 g/mol. The highest BCUT2D eigenvalue weighted by Crippen LogP contribution is 2.12. The Labute approximate surface area is 190 Å². The Hall–Kier alpha value is -3.67. The van der Waals surface area contributed by atoms with Gasteiger partial charge in [-0.3, -0.25) is 19.2 Å². The lowest BCUT2D eigenvalue weighted by Crippen LogP contribution is -2.54. The van der Waals surface area contributed by atoms with E-state index in [0.717, 1.165) is 0 Å². The van der Waals surface area contributed by atoms with E-state index in [1.54, 1.807) is 26.0 Å². The molecule has 8 N–H and O–H groups in total. The second-order valence-electron chi connectivity index (χ2n) is 7.82. The zero-order chi connectivity index (χ0) is 25.1. The van der Waals surface area contributed by atoms with Crippen molar-refractivity contribution < 1.29 is 39.3 Å². The number of carbonyl (C=O) groups is 5. The first-order valence-electron chi connectivity index (χ1n) is 10.3. The Bertz CT molecular complexity index is 856. The highest BCUT2D eigenvalue weighted by Gasteiger charge is 2.26. The molecule has 1 rings (SSSR count). The number of aromatic hydroxyl groups is 1.